The maximum absolute atomic E-state index is 12.2. The van der Waals surface area contributed by atoms with Crippen LogP contribution in [-0.2, 0) is 11.3 Å². The molecule has 1 amide bonds. The molecule has 1 fully saturated rings. The molecule has 4 nitrogen and oxygen atoms in total. The summed E-state index contributed by atoms with van der Waals surface area (Å²) in [6.07, 6.45) is 1.69. The molecule has 2 aromatic rings. The SMILES string of the molecule is Nc1ccccc1SC1CCN(C(=O)OCc2ccccc2)CC1. The topological polar surface area (TPSA) is 55.6 Å². The number of nitrogen functional groups attached to an aromatic ring is 1. The fourth-order valence-electron chi connectivity index (χ4n) is 2.73. The normalized spacial score (nSPS) is 15.2. The van der Waals surface area contributed by atoms with Crippen molar-refractivity contribution in [3.63, 3.8) is 0 Å². The molecule has 0 bridgehead atoms. The molecular formula is C19H22N2O2S. The van der Waals surface area contributed by atoms with Gasteiger partial charge in [-0.1, -0.05) is 42.5 Å². The van der Waals surface area contributed by atoms with Crippen molar-refractivity contribution in [3.05, 3.63) is 60.2 Å². The van der Waals surface area contributed by atoms with Crippen LogP contribution in [0.5, 0.6) is 0 Å². The molecule has 0 aliphatic carbocycles. The van der Waals surface area contributed by atoms with Gasteiger partial charge in [0.1, 0.15) is 6.61 Å². The molecule has 1 heterocycles. The number of anilines is 1. The molecular weight excluding hydrogens is 320 g/mol. The van der Waals surface area contributed by atoms with Crippen LogP contribution in [0.1, 0.15) is 18.4 Å². The van der Waals surface area contributed by atoms with Gasteiger partial charge in [-0.3, -0.25) is 0 Å². The van der Waals surface area contributed by atoms with Crippen molar-refractivity contribution < 1.29 is 9.53 Å². The first-order chi connectivity index (χ1) is 11.7. The lowest BCUT2D eigenvalue weighted by Crippen LogP contribution is -2.39. The summed E-state index contributed by atoms with van der Waals surface area (Å²) in [6.45, 7) is 1.80. The summed E-state index contributed by atoms with van der Waals surface area (Å²) < 4.78 is 5.40. The van der Waals surface area contributed by atoms with Gasteiger partial charge in [-0.2, -0.15) is 0 Å². The zero-order valence-electron chi connectivity index (χ0n) is 13.6. The van der Waals surface area contributed by atoms with E-state index in [4.69, 9.17) is 10.5 Å². The number of carbonyl (C=O) groups excluding carboxylic acids is 1. The van der Waals surface area contributed by atoms with Crippen LogP contribution in [0.3, 0.4) is 0 Å². The molecule has 0 aromatic heterocycles. The molecule has 0 atom stereocenters. The number of piperidine rings is 1. The number of hydrogen-bond acceptors (Lipinski definition) is 4. The minimum atomic E-state index is -0.221. The fourth-order valence-corrected chi connectivity index (χ4v) is 3.90. The molecule has 1 aliphatic rings. The standard InChI is InChI=1S/C19H22N2O2S/c20-17-8-4-5-9-18(17)24-16-10-12-21(13-11-16)19(22)23-14-15-6-2-1-3-7-15/h1-9,16H,10-14,20H2. The van der Waals surface area contributed by atoms with Crippen LogP contribution in [0.25, 0.3) is 0 Å². The van der Waals surface area contributed by atoms with E-state index in [9.17, 15) is 4.79 Å². The highest BCUT2D eigenvalue weighted by Crippen LogP contribution is 2.33. The number of amides is 1. The number of ether oxygens (including phenoxy) is 1. The van der Waals surface area contributed by atoms with Gasteiger partial charge in [-0.25, -0.2) is 4.79 Å². The Balaban J connectivity index is 1.44. The predicted molar refractivity (Wildman–Crippen MR) is 97.9 cm³/mol. The number of likely N-dealkylation sites (tertiary alicyclic amines) is 1. The molecule has 1 aliphatic heterocycles. The second kappa shape index (κ2) is 8.11. The van der Waals surface area contributed by atoms with E-state index in [1.807, 2.05) is 60.3 Å². The Bertz CT molecular complexity index is 670. The molecule has 0 unspecified atom stereocenters. The van der Waals surface area contributed by atoms with Crippen LogP contribution >= 0.6 is 11.8 Å². The minimum absolute atomic E-state index is 0.221. The van der Waals surface area contributed by atoms with E-state index in [1.165, 1.54) is 0 Å². The maximum Gasteiger partial charge on any atom is 0.410 e. The van der Waals surface area contributed by atoms with Crippen molar-refractivity contribution in [2.75, 3.05) is 18.8 Å². The minimum Gasteiger partial charge on any atom is -0.445 e. The molecule has 0 radical (unpaired) electrons. The van der Waals surface area contributed by atoms with Crippen molar-refractivity contribution in [2.45, 2.75) is 29.6 Å². The van der Waals surface area contributed by atoms with Gasteiger partial charge in [0.05, 0.1) is 0 Å². The monoisotopic (exact) mass is 342 g/mol. The van der Waals surface area contributed by atoms with Crippen molar-refractivity contribution in [1.82, 2.24) is 4.90 Å². The fraction of sp³-hybridized carbons (Fsp3) is 0.316. The molecule has 5 heteroatoms. The number of nitrogens with zero attached hydrogens (tertiary/aromatic N) is 1. The Kier molecular flexibility index (Phi) is 5.64. The van der Waals surface area contributed by atoms with Gasteiger partial charge in [0, 0.05) is 28.9 Å². The molecule has 2 N–H and O–H groups in total. The summed E-state index contributed by atoms with van der Waals surface area (Å²) in [4.78, 5) is 15.1. The Morgan fingerprint density at radius 3 is 2.46 bits per heavy atom. The Morgan fingerprint density at radius 2 is 1.75 bits per heavy atom. The molecule has 0 saturated carbocycles. The zero-order valence-corrected chi connectivity index (χ0v) is 14.4. The van der Waals surface area contributed by atoms with Crippen LogP contribution in [0.15, 0.2) is 59.5 Å². The van der Waals surface area contributed by atoms with E-state index in [0.29, 0.717) is 11.9 Å². The molecule has 24 heavy (non-hydrogen) atoms. The number of para-hydroxylation sites is 1. The Morgan fingerprint density at radius 1 is 1.08 bits per heavy atom. The van der Waals surface area contributed by atoms with Gasteiger partial charge in [0.25, 0.3) is 0 Å². The zero-order chi connectivity index (χ0) is 16.8. The highest BCUT2D eigenvalue weighted by atomic mass is 32.2. The molecule has 2 aromatic carbocycles. The summed E-state index contributed by atoms with van der Waals surface area (Å²) in [7, 11) is 0. The summed E-state index contributed by atoms with van der Waals surface area (Å²) in [6, 6.07) is 17.7. The quantitative estimate of drug-likeness (QED) is 0.848. The summed E-state index contributed by atoms with van der Waals surface area (Å²) in [5.74, 6) is 0. The number of benzene rings is 2. The molecule has 1 saturated heterocycles. The second-order valence-electron chi connectivity index (χ2n) is 5.88. The average molecular weight is 342 g/mol. The average Bonchev–Trinajstić information content (AvgIpc) is 2.63. The number of carbonyl (C=O) groups is 1. The first kappa shape index (κ1) is 16.7. The number of thioether (sulfide) groups is 1. The van der Waals surface area contributed by atoms with E-state index in [1.54, 1.807) is 4.90 Å². The van der Waals surface area contributed by atoms with Crippen LogP contribution in [0, 0.1) is 0 Å². The lowest BCUT2D eigenvalue weighted by Gasteiger charge is -2.31. The van der Waals surface area contributed by atoms with Gasteiger partial charge in [0.2, 0.25) is 0 Å². The van der Waals surface area contributed by atoms with Gasteiger partial charge >= 0.3 is 6.09 Å². The van der Waals surface area contributed by atoms with Crippen LogP contribution in [-0.4, -0.2) is 29.3 Å². The second-order valence-corrected chi connectivity index (χ2v) is 7.22. The third kappa shape index (κ3) is 4.45. The smallest absolute Gasteiger partial charge is 0.410 e. The van der Waals surface area contributed by atoms with Crippen molar-refractivity contribution >= 4 is 23.5 Å². The first-order valence-electron chi connectivity index (χ1n) is 8.19. The lowest BCUT2D eigenvalue weighted by molar-refractivity contribution is 0.0901. The van der Waals surface area contributed by atoms with Gasteiger partial charge < -0.3 is 15.4 Å². The van der Waals surface area contributed by atoms with Gasteiger partial charge in [-0.05, 0) is 30.5 Å². The van der Waals surface area contributed by atoms with Crippen LogP contribution in [0.4, 0.5) is 10.5 Å². The molecule has 3 rings (SSSR count). The number of hydrogen-bond donors (Lipinski definition) is 1. The van der Waals surface area contributed by atoms with Crippen molar-refractivity contribution in [1.29, 1.82) is 0 Å². The first-order valence-corrected chi connectivity index (χ1v) is 9.07. The third-order valence-corrected chi connectivity index (χ3v) is 5.55. The van der Waals surface area contributed by atoms with E-state index < -0.39 is 0 Å². The maximum atomic E-state index is 12.2. The number of nitrogens with two attached hydrogens (primary N) is 1. The van der Waals surface area contributed by atoms with E-state index in [2.05, 4.69) is 6.07 Å². The van der Waals surface area contributed by atoms with Gasteiger partial charge in [-0.15, -0.1) is 11.8 Å². The predicted octanol–water partition coefficient (Wildman–Crippen LogP) is 4.16. The molecule has 0 spiro atoms. The van der Waals surface area contributed by atoms with E-state index >= 15 is 0 Å². The van der Waals surface area contributed by atoms with Crippen molar-refractivity contribution in [3.8, 4) is 0 Å². The highest BCUT2D eigenvalue weighted by Gasteiger charge is 2.24. The summed E-state index contributed by atoms with van der Waals surface area (Å²) in [5, 5.41) is 0.493. The van der Waals surface area contributed by atoms with E-state index in [-0.39, 0.29) is 6.09 Å². The Labute approximate surface area is 147 Å². The number of rotatable bonds is 4. The van der Waals surface area contributed by atoms with Crippen LogP contribution in [0.2, 0.25) is 0 Å². The third-order valence-electron chi connectivity index (χ3n) is 4.12. The summed E-state index contributed by atoms with van der Waals surface area (Å²) >= 11 is 1.81. The van der Waals surface area contributed by atoms with Crippen LogP contribution < -0.4 is 5.73 Å². The van der Waals surface area contributed by atoms with Crippen molar-refractivity contribution in [2.24, 2.45) is 0 Å². The molecule has 126 valence electrons. The highest BCUT2D eigenvalue weighted by molar-refractivity contribution is 8.00. The summed E-state index contributed by atoms with van der Waals surface area (Å²) in [5.41, 5.74) is 7.84. The van der Waals surface area contributed by atoms with E-state index in [0.717, 1.165) is 42.1 Å². The Hall–Kier alpha value is -2.14. The lowest BCUT2D eigenvalue weighted by atomic mass is 10.1. The largest absolute Gasteiger partial charge is 0.445 e. The van der Waals surface area contributed by atoms with Gasteiger partial charge in [0.15, 0.2) is 0 Å².